The number of nitrogens with zero attached hydrogens (tertiary/aromatic N) is 3. The predicted molar refractivity (Wildman–Crippen MR) is 104 cm³/mol. The second-order valence-corrected chi connectivity index (χ2v) is 7.55. The van der Waals surface area contributed by atoms with Crippen LogP contribution in [0.1, 0.15) is 46.0 Å². The maximum atomic E-state index is 11.6. The van der Waals surface area contributed by atoms with Crippen molar-refractivity contribution in [3.05, 3.63) is 29.3 Å². The molecule has 0 saturated heterocycles. The minimum absolute atomic E-state index is 0.295. The summed E-state index contributed by atoms with van der Waals surface area (Å²) in [5, 5.41) is 9.81. The highest BCUT2D eigenvalue weighted by Gasteiger charge is 2.21. The molecule has 0 aliphatic rings. The lowest BCUT2D eigenvalue weighted by Crippen LogP contribution is -2.25. The molecule has 1 aromatic heterocycles. The molecule has 0 saturated carbocycles. The van der Waals surface area contributed by atoms with E-state index in [0.29, 0.717) is 11.4 Å². The third-order valence-corrected chi connectivity index (χ3v) is 5.61. The topological polar surface area (TPSA) is 73.8 Å². The number of hydrogen-bond acceptors (Lipinski definition) is 4. The Morgan fingerprint density at radius 2 is 1.92 bits per heavy atom. The molecular formula is C18H25ClN4OS. The number of primary amides is 1. The number of amides is 1. The average molecular weight is 381 g/mol. The summed E-state index contributed by atoms with van der Waals surface area (Å²) in [4.78, 5) is 11.6. The summed E-state index contributed by atoms with van der Waals surface area (Å²) in [6.07, 6.45) is 5.27. The number of carbonyl (C=O) groups is 1. The maximum absolute atomic E-state index is 11.6. The summed E-state index contributed by atoms with van der Waals surface area (Å²) < 4.78 is 2.09. The molecule has 1 aromatic carbocycles. The first-order valence-corrected chi connectivity index (χ1v) is 9.97. The Labute approximate surface area is 158 Å². The minimum atomic E-state index is -0.318. The molecule has 1 unspecified atom stereocenters. The van der Waals surface area contributed by atoms with Crippen molar-refractivity contribution in [2.75, 3.05) is 0 Å². The van der Waals surface area contributed by atoms with Gasteiger partial charge in [0.2, 0.25) is 5.91 Å². The molecule has 0 aliphatic carbocycles. The van der Waals surface area contributed by atoms with Crippen LogP contribution in [0.2, 0.25) is 5.02 Å². The summed E-state index contributed by atoms with van der Waals surface area (Å²) >= 11 is 7.38. The van der Waals surface area contributed by atoms with E-state index in [9.17, 15) is 4.79 Å². The van der Waals surface area contributed by atoms with Gasteiger partial charge in [-0.3, -0.25) is 4.79 Å². The highest BCUT2D eigenvalue weighted by atomic mass is 35.5. The van der Waals surface area contributed by atoms with Crippen molar-refractivity contribution >= 4 is 29.3 Å². The molecule has 1 heterocycles. The van der Waals surface area contributed by atoms with Crippen LogP contribution in [0.3, 0.4) is 0 Å². The van der Waals surface area contributed by atoms with Gasteiger partial charge in [-0.25, -0.2) is 0 Å². The molecule has 7 heteroatoms. The molecule has 0 bridgehead atoms. The molecule has 0 aliphatic heterocycles. The van der Waals surface area contributed by atoms with Gasteiger partial charge in [0.15, 0.2) is 11.0 Å². The Bertz CT molecular complexity index is 687. The number of rotatable bonds is 10. The van der Waals surface area contributed by atoms with Crippen LogP contribution in [0.4, 0.5) is 0 Å². The van der Waals surface area contributed by atoms with Gasteiger partial charge in [0, 0.05) is 17.1 Å². The van der Waals surface area contributed by atoms with Crippen molar-refractivity contribution in [3.63, 3.8) is 0 Å². The Morgan fingerprint density at radius 1 is 1.20 bits per heavy atom. The van der Waals surface area contributed by atoms with Gasteiger partial charge in [0.05, 0.1) is 5.25 Å². The van der Waals surface area contributed by atoms with E-state index in [1.807, 2.05) is 31.2 Å². The smallest absolute Gasteiger partial charge is 0.231 e. The van der Waals surface area contributed by atoms with Crippen LogP contribution in [-0.2, 0) is 11.3 Å². The highest BCUT2D eigenvalue weighted by molar-refractivity contribution is 8.00. The number of benzene rings is 1. The van der Waals surface area contributed by atoms with Crippen molar-refractivity contribution < 1.29 is 4.79 Å². The summed E-state index contributed by atoms with van der Waals surface area (Å²) in [7, 11) is 0. The van der Waals surface area contributed by atoms with Gasteiger partial charge in [0.1, 0.15) is 0 Å². The summed E-state index contributed by atoms with van der Waals surface area (Å²) in [5.74, 6) is 0.482. The molecule has 2 aromatic rings. The number of nitrogens with two attached hydrogens (primary N) is 1. The van der Waals surface area contributed by atoms with E-state index in [1.165, 1.54) is 24.6 Å². The van der Waals surface area contributed by atoms with Crippen LogP contribution in [0, 0.1) is 0 Å². The van der Waals surface area contributed by atoms with Gasteiger partial charge in [-0.05, 0) is 37.1 Å². The second-order valence-electron chi connectivity index (χ2n) is 5.94. The Balaban J connectivity index is 2.28. The fourth-order valence-electron chi connectivity index (χ4n) is 2.56. The third-order valence-electron chi connectivity index (χ3n) is 3.99. The second kappa shape index (κ2) is 9.82. The lowest BCUT2D eigenvalue weighted by Gasteiger charge is -2.13. The molecule has 1 amide bonds. The predicted octanol–water partition coefficient (Wildman–Crippen LogP) is 4.53. The van der Waals surface area contributed by atoms with Gasteiger partial charge in [-0.15, -0.1) is 10.2 Å². The highest BCUT2D eigenvalue weighted by Crippen LogP contribution is 2.29. The molecule has 0 spiro atoms. The zero-order valence-electron chi connectivity index (χ0n) is 14.7. The zero-order valence-corrected chi connectivity index (χ0v) is 16.3. The average Bonchev–Trinajstić information content (AvgIpc) is 2.99. The van der Waals surface area contributed by atoms with Crippen molar-refractivity contribution in [3.8, 4) is 11.4 Å². The van der Waals surface area contributed by atoms with E-state index in [1.54, 1.807) is 0 Å². The van der Waals surface area contributed by atoms with Crippen LogP contribution in [0.25, 0.3) is 11.4 Å². The van der Waals surface area contributed by atoms with E-state index in [2.05, 4.69) is 21.7 Å². The summed E-state index contributed by atoms with van der Waals surface area (Å²) in [5.41, 5.74) is 6.45. The Kier molecular flexibility index (Phi) is 7.78. The van der Waals surface area contributed by atoms with Crippen molar-refractivity contribution in [2.45, 2.75) is 62.9 Å². The molecule has 136 valence electrons. The fraction of sp³-hybridized carbons (Fsp3) is 0.500. The monoisotopic (exact) mass is 380 g/mol. The summed E-state index contributed by atoms with van der Waals surface area (Å²) in [6, 6.07) is 7.57. The molecule has 2 rings (SSSR count). The van der Waals surface area contributed by atoms with Gasteiger partial charge < -0.3 is 10.3 Å². The molecule has 2 N–H and O–H groups in total. The zero-order chi connectivity index (χ0) is 18.2. The van der Waals surface area contributed by atoms with Crippen molar-refractivity contribution in [1.29, 1.82) is 0 Å². The number of hydrogen-bond donors (Lipinski definition) is 1. The molecule has 25 heavy (non-hydrogen) atoms. The van der Waals surface area contributed by atoms with E-state index >= 15 is 0 Å². The Morgan fingerprint density at radius 3 is 2.52 bits per heavy atom. The first-order chi connectivity index (χ1) is 12.1. The molecule has 1 atom stereocenters. The number of unbranched alkanes of at least 4 members (excludes halogenated alkanes) is 3. The molecule has 0 fully saturated rings. The number of carbonyl (C=O) groups excluding carboxylic acids is 1. The van der Waals surface area contributed by atoms with Crippen LogP contribution in [0.5, 0.6) is 0 Å². The van der Waals surface area contributed by atoms with E-state index in [0.717, 1.165) is 35.9 Å². The van der Waals surface area contributed by atoms with Gasteiger partial charge >= 0.3 is 0 Å². The number of thioether (sulfide) groups is 1. The normalized spacial score (nSPS) is 12.3. The quantitative estimate of drug-likeness (QED) is 0.485. The molecule has 5 nitrogen and oxygen atoms in total. The first-order valence-electron chi connectivity index (χ1n) is 8.71. The largest absolute Gasteiger partial charge is 0.369 e. The lowest BCUT2D eigenvalue weighted by molar-refractivity contribution is -0.117. The van der Waals surface area contributed by atoms with Crippen LogP contribution in [0.15, 0.2) is 29.4 Å². The first kappa shape index (κ1) is 19.8. The van der Waals surface area contributed by atoms with Gasteiger partial charge in [-0.2, -0.15) is 0 Å². The Hall–Kier alpha value is -1.53. The molecular weight excluding hydrogens is 356 g/mol. The van der Waals surface area contributed by atoms with E-state index in [4.69, 9.17) is 17.3 Å². The van der Waals surface area contributed by atoms with Crippen LogP contribution >= 0.6 is 23.4 Å². The van der Waals surface area contributed by atoms with E-state index < -0.39 is 0 Å². The number of halogens is 1. The van der Waals surface area contributed by atoms with Crippen LogP contribution in [-0.4, -0.2) is 25.9 Å². The van der Waals surface area contributed by atoms with Crippen molar-refractivity contribution in [2.24, 2.45) is 5.73 Å². The van der Waals surface area contributed by atoms with Crippen molar-refractivity contribution in [1.82, 2.24) is 14.8 Å². The van der Waals surface area contributed by atoms with Gasteiger partial charge in [-0.1, -0.05) is 56.5 Å². The summed E-state index contributed by atoms with van der Waals surface area (Å²) in [6.45, 7) is 4.96. The number of aromatic nitrogens is 3. The molecule has 0 radical (unpaired) electrons. The van der Waals surface area contributed by atoms with Gasteiger partial charge in [0.25, 0.3) is 0 Å². The fourth-order valence-corrected chi connectivity index (χ4v) is 3.61. The van der Waals surface area contributed by atoms with Crippen LogP contribution < -0.4 is 5.73 Å². The van der Waals surface area contributed by atoms with E-state index in [-0.39, 0.29) is 11.2 Å². The standard InChI is InChI=1S/C18H25ClN4OS/c1-3-5-6-7-12-23-17(13-8-10-14(19)11-9-13)21-22-18(23)25-15(4-2)16(20)24/h8-11,15H,3-7,12H2,1-2H3,(H2,20,24). The maximum Gasteiger partial charge on any atom is 0.231 e. The minimum Gasteiger partial charge on any atom is -0.369 e. The lowest BCUT2D eigenvalue weighted by atomic mass is 10.2. The third kappa shape index (κ3) is 5.47. The SMILES string of the molecule is CCCCCCn1c(SC(CC)C(N)=O)nnc1-c1ccc(Cl)cc1.